The molecule has 1 unspecified atom stereocenters. The quantitative estimate of drug-likeness (QED) is 0.912. The summed E-state index contributed by atoms with van der Waals surface area (Å²) in [6.07, 6.45) is 2.26. The van der Waals surface area contributed by atoms with Crippen LogP contribution >= 0.6 is 0 Å². The lowest BCUT2D eigenvalue weighted by Gasteiger charge is -2.18. The zero-order chi connectivity index (χ0) is 14.7. The van der Waals surface area contributed by atoms with Crippen LogP contribution in [0.3, 0.4) is 0 Å². The molecule has 0 amide bonds. The smallest absolute Gasteiger partial charge is 0.129 e. The van der Waals surface area contributed by atoms with Crippen LogP contribution in [-0.2, 0) is 13.5 Å². The van der Waals surface area contributed by atoms with Crippen molar-refractivity contribution in [2.45, 2.75) is 26.3 Å². The van der Waals surface area contributed by atoms with Crippen molar-refractivity contribution in [3.8, 4) is 0 Å². The van der Waals surface area contributed by atoms with Crippen molar-refractivity contribution in [1.82, 2.24) is 15.1 Å². The average Bonchev–Trinajstić information content (AvgIpc) is 2.73. The summed E-state index contributed by atoms with van der Waals surface area (Å²) in [6, 6.07) is 3.68. The number of hydrogen-bond donors (Lipinski definition) is 1. The van der Waals surface area contributed by atoms with Crippen molar-refractivity contribution >= 4 is 0 Å². The number of rotatable bonds is 5. The van der Waals surface area contributed by atoms with Gasteiger partial charge in [-0.2, -0.15) is 5.10 Å². The van der Waals surface area contributed by atoms with Crippen LogP contribution in [0.15, 0.2) is 24.4 Å². The molecule has 1 heterocycles. The third-order valence-electron chi connectivity index (χ3n) is 3.54. The molecular weight excluding hydrogens is 260 g/mol. The number of halogens is 2. The molecule has 108 valence electrons. The first-order valence-corrected chi connectivity index (χ1v) is 6.68. The lowest BCUT2D eigenvalue weighted by molar-refractivity contribution is 0.518. The molecule has 1 N–H and O–H groups in total. The number of nitrogens with one attached hydrogen (secondary N) is 1. The molecule has 5 heteroatoms. The Hall–Kier alpha value is -1.75. The predicted molar refractivity (Wildman–Crippen MR) is 74.4 cm³/mol. The van der Waals surface area contributed by atoms with E-state index in [0.29, 0.717) is 12.0 Å². The average molecular weight is 279 g/mol. The second-order valence-corrected chi connectivity index (χ2v) is 4.86. The van der Waals surface area contributed by atoms with E-state index in [-0.39, 0.29) is 6.04 Å². The summed E-state index contributed by atoms with van der Waals surface area (Å²) >= 11 is 0. The van der Waals surface area contributed by atoms with Crippen LogP contribution < -0.4 is 5.32 Å². The molecule has 0 aliphatic heterocycles. The number of benzene rings is 1. The zero-order valence-electron chi connectivity index (χ0n) is 12.0. The molecule has 2 rings (SSSR count). The molecule has 0 spiro atoms. The minimum Gasteiger partial charge on any atom is -0.310 e. The van der Waals surface area contributed by atoms with E-state index in [2.05, 4.69) is 10.4 Å². The fourth-order valence-corrected chi connectivity index (χ4v) is 2.30. The lowest BCUT2D eigenvalue weighted by atomic mass is 9.99. The maximum Gasteiger partial charge on any atom is 0.129 e. The Labute approximate surface area is 117 Å². The van der Waals surface area contributed by atoms with E-state index < -0.39 is 11.6 Å². The van der Waals surface area contributed by atoms with Crippen molar-refractivity contribution < 1.29 is 8.78 Å². The zero-order valence-corrected chi connectivity index (χ0v) is 12.0. The topological polar surface area (TPSA) is 29.9 Å². The van der Waals surface area contributed by atoms with Crippen molar-refractivity contribution in [2.24, 2.45) is 7.05 Å². The van der Waals surface area contributed by atoms with Gasteiger partial charge in [-0.1, -0.05) is 13.0 Å². The fraction of sp³-hybridized carbons (Fsp3) is 0.400. The summed E-state index contributed by atoms with van der Waals surface area (Å²) in [5, 5.41) is 7.55. The molecule has 0 aliphatic carbocycles. The Kier molecular flexibility index (Phi) is 4.49. The minimum absolute atomic E-state index is 0.0336. The summed E-state index contributed by atoms with van der Waals surface area (Å²) in [5.41, 5.74) is 2.58. The van der Waals surface area contributed by atoms with Crippen LogP contribution in [0.4, 0.5) is 8.78 Å². The molecule has 0 saturated heterocycles. The summed E-state index contributed by atoms with van der Waals surface area (Å²) in [6.45, 7) is 4.75. The Bertz CT molecular complexity index is 593. The van der Waals surface area contributed by atoms with Gasteiger partial charge < -0.3 is 5.32 Å². The predicted octanol–water partition coefficient (Wildman–Crippen LogP) is 2.90. The normalized spacial score (nSPS) is 12.7. The van der Waals surface area contributed by atoms with Gasteiger partial charge in [0, 0.05) is 30.4 Å². The van der Waals surface area contributed by atoms with Crippen molar-refractivity contribution in [2.75, 3.05) is 6.54 Å². The van der Waals surface area contributed by atoms with Crippen LogP contribution in [0.25, 0.3) is 0 Å². The van der Waals surface area contributed by atoms with Crippen molar-refractivity contribution in [1.29, 1.82) is 0 Å². The molecule has 0 saturated carbocycles. The number of likely N-dealkylation sites (N-methyl/N-ethyl adjacent to an activating group) is 1. The second-order valence-electron chi connectivity index (χ2n) is 4.86. The molecule has 20 heavy (non-hydrogen) atoms. The highest BCUT2D eigenvalue weighted by atomic mass is 19.1. The van der Waals surface area contributed by atoms with Gasteiger partial charge >= 0.3 is 0 Å². The van der Waals surface area contributed by atoms with Gasteiger partial charge in [-0.25, -0.2) is 8.78 Å². The van der Waals surface area contributed by atoms with E-state index in [4.69, 9.17) is 0 Å². The molecule has 0 bridgehead atoms. The Morgan fingerprint density at radius 1 is 1.35 bits per heavy atom. The number of aromatic nitrogens is 2. The van der Waals surface area contributed by atoms with E-state index in [1.807, 2.05) is 20.9 Å². The summed E-state index contributed by atoms with van der Waals surface area (Å²) in [4.78, 5) is 0. The highest BCUT2D eigenvalue weighted by Crippen LogP contribution is 2.23. The van der Waals surface area contributed by atoms with E-state index in [1.54, 1.807) is 10.9 Å². The first-order valence-electron chi connectivity index (χ1n) is 6.68. The molecule has 1 atom stereocenters. The molecule has 0 fully saturated rings. The molecule has 1 aromatic heterocycles. The van der Waals surface area contributed by atoms with Crippen LogP contribution in [0.1, 0.15) is 29.8 Å². The van der Waals surface area contributed by atoms with Crippen LogP contribution in [0.5, 0.6) is 0 Å². The van der Waals surface area contributed by atoms with E-state index >= 15 is 0 Å². The van der Waals surface area contributed by atoms with Crippen LogP contribution in [0.2, 0.25) is 0 Å². The van der Waals surface area contributed by atoms with Gasteiger partial charge in [0.05, 0.1) is 6.20 Å². The van der Waals surface area contributed by atoms with Gasteiger partial charge in [-0.15, -0.1) is 0 Å². The maximum atomic E-state index is 13.8. The van der Waals surface area contributed by atoms with Crippen LogP contribution in [0, 0.1) is 18.6 Å². The summed E-state index contributed by atoms with van der Waals surface area (Å²) < 4.78 is 28.5. The highest BCUT2D eigenvalue weighted by Gasteiger charge is 2.18. The Morgan fingerprint density at radius 3 is 2.65 bits per heavy atom. The standard InChI is InChI=1S/C15H19F2N3/c1-4-18-15(13-9-19-20(3)10(13)2)7-11-5-6-12(16)8-14(11)17/h5-6,8-9,15,18H,4,7H2,1-3H3. The van der Waals surface area contributed by atoms with Gasteiger partial charge in [0.1, 0.15) is 11.6 Å². The van der Waals surface area contributed by atoms with Gasteiger partial charge in [-0.3, -0.25) is 4.68 Å². The van der Waals surface area contributed by atoms with E-state index in [1.165, 1.54) is 12.1 Å². The SMILES string of the molecule is CCNC(Cc1ccc(F)cc1F)c1cnn(C)c1C. The third-order valence-corrected chi connectivity index (χ3v) is 3.54. The number of nitrogens with zero attached hydrogens (tertiary/aromatic N) is 2. The number of hydrogen-bond acceptors (Lipinski definition) is 2. The van der Waals surface area contributed by atoms with E-state index in [9.17, 15) is 8.78 Å². The first-order chi connectivity index (χ1) is 9.52. The van der Waals surface area contributed by atoms with Gasteiger partial charge in [0.2, 0.25) is 0 Å². The lowest BCUT2D eigenvalue weighted by Crippen LogP contribution is -2.24. The summed E-state index contributed by atoms with van der Waals surface area (Å²) in [5.74, 6) is -1.06. The molecule has 1 aromatic carbocycles. The highest BCUT2D eigenvalue weighted by molar-refractivity contribution is 5.26. The van der Waals surface area contributed by atoms with Crippen molar-refractivity contribution in [3.05, 3.63) is 52.9 Å². The maximum absolute atomic E-state index is 13.8. The Morgan fingerprint density at radius 2 is 2.10 bits per heavy atom. The minimum atomic E-state index is -0.552. The van der Waals surface area contributed by atoms with Gasteiger partial charge in [0.25, 0.3) is 0 Å². The third kappa shape index (κ3) is 3.04. The fourth-order valence-electron chi connectivity index (χ4n) is 2.30. The molecule has 0 radical (unpaired) electrons. The van der Waals surface area contributed by atoms with Crippen molar-refractivity contribution in [3.63, 3.8) is 0 Å². The molecule has 2 aromatic rings. The number of aryl methyl sites for hydroxylation is 1. The van der Waals surface area contributed by atoms with Gasteiger partial charge in [0.15, 0.2) is 0 Å². The molecular formula is C15H19F2N3. The first kappa shape index (κ1) is 14.7. The largest absolute Gasteiger partial charge is 0.310 e. The summed E-state index contributed by atoms with van der Waals surface area (Å²) in [7, 11) is 1.88. The molecule has 0 aliphatic rings. The van der Waals surface area contributed by atoms with Crippen LogP contribution in [-0.4, -0.2) is 16.3 Å². The second kappa shape index (κ2) is 6.13. The Balaban J connectivity index is 2.28. The van der Waals surface area contributed by atoms with E-state index in [0.717, 1.165) is 23.9 Å². The van der Waals surface area contributed by atoms with Gasteiger partial charge in [-0.05, 0) is 31.5 Å². The molecule has 3 nitrogen and oxygen atoms in total. The monoisotopic (exact) mass is 279 g/mol.